The van der Waals surface area contributed by atoms with Crippen molar-refractivity contribution in [1.29, 1.82) is 0 Å². The van der Waals surface area contributed by atoms with E-state index in [9.17, 15) is 9.59 Å². The van der Waals surface area contributed by atoms with E-state index >= 15 is 0 Å². The topological polar surface area (TPSA) is 66.4 Å². The average molecular weight is 399 g/mol. The van der Waals surface area contributed by atoms with Gasteiger partial charge in [-0.15, -0.1) is 11.3 Å². The molecule has 2 aliphatic rings. The Labute approximate surface area is 169 Å². The number of carbonyl (C=O) groups is 2. The first-order chi connectivity index (χ1) is 13.6. The molecule has 148 valence electrons. The number of rotatable bonds is 4. The molecule has 6 nitrogen and oxygen atoms in total. The fourth-order valence-corrected chi connectivity index (χ4v) is 5.24. The number of thiazole rings is 1. The van der Waals surface area contributed by atoms with Crippen LogP contribution in [0.25, 0.3) is 0 Å². The Morgan fingerprint density at radius 1 is 1.25 bits per heavy atom. The number of hydrogen-bond donors (Lipinski definition) is 0. The molecular weight excluding hydrogens is 372 g/mol. The number of hydrogen-bond acceptors (Lipinski definition) is 5. The summed E-state index contributed by atoms with van der Waals surface area (Å²) in [6.07, 6.45) is 6.07. The molecule has 2 aliphatic heterocycles. The number of pyridine rings is 1. The zero-order chi connectivity index (χ0) is 19.6. The van der Waals surface area contributed by atoms with E-state index in [1.807, 2.05) is 34.9 Å². The van der Waals surface area contributed by atoms with E-state index in [2.05, 4.69) is 9.97 Å². The lowest BCUT2D eigenvalue weighted by atomic mass is 9.73. The summed E-state index contributed by atoms with van der Waals surface area (Å²) in [5.41, 5.74) is 3.58. The van der Waals surface area contributed by atoms with Crippen molar-refractivity contribution in [2.24, 2.45) is 5.41 Å². The van der Waals surface area contributed by atoms with E-state index < -0.39 is 0 Å². The van der Waals surface area contributed by atoms with Gasteiger partial charge < -0.3 is 9.80 Å². The number of aromatic nitrogens is 2. The second-order valence-corrected chi connectivity index (χ2v) is 8.84. The molecule has 0 aromatic carbocycles. The van der Waals surface area contributed by atoms with Crippen molar-refractivity contribution in [2.75, 3.05) is 26.2 Å². The molecule has 28 heavy (non-hydrogen) atoms. The highest BCUT2D eigenvalue weighted by atomic mass is 32.1. The lowest BCUT2D eigenvalue weighted by Gasteiger charge is -2.48. The van der Waals surface area contributed by atoms with Gasteiger partial charge in [0.05, 0.1) is 11.2 Å². The minimum atomic E-state index is 0.0184. The summed E-state index contributed by atoms with van der Waals surface area (Å²) in [5, 5.41) is 0. The Bertz CT molecular complexity index is 853. The number of aryl methyl sites for hydroxylation is 1. The molecule has 2 saturated heterocycles. The van der Waals surface area contributed by atoms with E-state index in [1.54, 1.807) is 11.7 Å². The molecule has 0 saturated carbocycles. The van der Waals surface area contributed by atoms with Crippen LogP contribution in [0, 0.1) is 12.3 Å². The first-order valence-electron chi connectivity index (χ1n) is 9.93. The van der Waals surface area contributed by atoms with Crippen LogP contribution in [0.2, 0.25) is 0 Å². The van der Waals surface area contributed by atoms with E-state index in [1.165, 1.54) is 11.3 Å². The van der Waals surface area contributed by atoms with Crippen LogP contribution in [0.1, 0.15) is 46.7 Å². The van der Waals surface area contributed by atoms with Gasteiger partial charge in [0.1, 0.15) is 4.88 Å². The third kappa shape index (κ3) is 3.94. The van der Waals surface area contributed by atoms with Gasteiger partial charge >= 0.3 is 0 Å². The maximum atomic E-state index is 13.0. The second-order valence-electron chi connectivity index (χ2n) is 7.98. The smallest absolute Gasteiger partial charge is 0.265 e. The predicted octanol–water partition coefficient (Wildman–Crippen LogP) is 2.93. The number of likely N-dealkylation sites (tertiary alicyclic amines) is 2. The van der Waals surface area contributed by atoms with Gasteiger partial charge in [-0.1, -0.05) is 6.07 Å². The summed E-state index contributed by atoms with van der Waals surface area (Å²) in [6.45, 7) is 4.85. The maximum Gasteiger partial charge on any atom is 0.265 e. The standard InChI is InChI=1S/C21H26N4O2S/c1-16-19(28-15-23-16)20(27)25-11-4-8-21(14-25)9-6-18(26)24(13-21)12-7-17-5-2-3-10-22-17/h2-3,5,10,15H,4,6-9,11-14H2,1H3. The fourth-order valence-electron chi connectivity index (χ4n) is 4.47. The van der Waals surface area contributed by atoms with Gasteiger partial charge in [-0.2, -0.15) is 0 Å². The molecule has 7 heteroatoms. The van der Waals surface area contributed by atoms with Crippen molar-refractivity contribution in [2.45, 2.75) is 39.0 Å². The second kappa shape index (κ2) is 7.99. The van der Waals surface area contributed by atoms with Crippen LogP contribution in [0.4, 0.5) is 0 Å². The minimum absolute atomic E-state index is 0.0184. The number of amides is 2. The molecule has 2 fully saturated rings. The van der Waals surface area contributed by atoms with Gasteiger partial charge in [0.2, 0.25) is 5.91 Å². The van der Waals surface area contributed by atoms with Crippen molar-refractivity contribution in [3.05, 3.63) is 46.2 Å². The molecule has 0 radical (unpaired) electrons. The Hall–Kier alpha value is -2.28. The summed E-state index contributed by atoms with van der Waals surface area (Å²) < 4.78 is 0. The minimum Gasteiger partial charge on any atom is -0.342 e. The summed E-state index contributed by atoms with van der Waals surface area (Å²) in [6, 6.07) is 5.89. The van der Waals surface area contributed by atoms with Crippen LogP contribution in [0.15, 0.2) is 29.9 Å². The molecule has 4 rings (SSSR count). The molecule has 1 unspecified atom stereocenters. The fraction of sp³-hybridized carbons (Fsp3) is 0.524. The van der Waals surface area contributed by atoms with Gasteiger partial charge in [-0.25, -0.2) is 4.98 Å². The zero-order valence-electron chi connectivity index (χ0n) is 16.3. The Morgan fingerprint density at radius 2 is 2.14 bits per heavy atom. The summed E-state index contributed by atoms with van der Waals surface area (Å²) in [7, 11) is 0. The molecule has 2 aromatic heterocycles. The highest BCUT2D eigenvalue weighted by Crippen LogP contribution is 2.39. The summed E-state index contributed by atoms with van der Waals surface area (Å²) in [5.74, 6) is 0.319. The van der Waals surface area contributed by atoms with E-state index in [4.69, 9.17) is 0 Å². The molecule has 2 aromatic rings. The molecule has 0 N–H and O–H groups in total. The monoisotopic (exact) mass is 398 g/mol. The molecule has 1 atom stereocenters. The quantitative estimate of drug-likeness (QED) is 0.794. The molecule has 0 aliphatic carbocycles. The molecule has 4 heterocycles. The zero-order valence-corrected chi connectivity index (χ0v) is 17.1. The number of nitrogens with zero attached hydrogens (tertiary/aromatic N) is 4. The maximum absolute atomic E-state index is 13.0. The van der Waals surface area contributed by atoms with Crippen LogP contribution in [-0.2, 0) is 11.2 Å². The van der Waals surface area contributed by atoms with Crippen molar-refractivity contribution in [3.8, 4) is 0 Å². The highest BCUT2D eigenvalue weighted by Gasteiger charge is 2.43. The number of piperidine rings is 2. The van der Waals surface area contributed by atoms with Gasteiger partial charge in [-0.05, 0) is 38.3 Å². The van der Waals surface area contributed by atoms with Crippen LogP contribution in [0.3, 0.4) is 0 Å². The molecule has 0 bridgehead atoms. The Morgan fingerprint density at radius 3 is 2.89 bits per heavy atom. The van der Waals surface area contributed by atoms with E-state index in [0.717, 1.165) is 61.6 Å². The molecule has 1 spiro atoms. The first kappa shape index (κ1) is 19.1. The Kier molecular flexibility index (Phi) is 5.44. The van der Waals surface area contributed by atoms with Gasteiger partial charge in [0.25, 0.3) is 5.91 Å². The van der Waals surface area contributed by atoms with E-state index in [0.29, 0.717) is 13.0 Å². The average Bonchev–Trinajstić information content (AvgIpc) is 3.15. The van der Waals surface area contributed by atoms with Gasteiger partial charge in [0, 0.05) is 56.3 Å². The van der Waals surface area contributed by atoms with Crippen molar-refractivity contribution in [1.82, 2.24) is 19.8 Å². The van der Waals surface area contributed by atoms with Crippen molar-refractivity contribution in [3.63, 3.8) is 0 Å². The number of carbonyl (C=O) groups excluding carboxylic acids is 2. The third-order valence-corrected chi connectivity index (χ3v) is 6.92. The first-order valence-corrected chi connectivity index (χ1v) is 10.8. The molecule has 2 amide bonds. The lowest BCUT2D eigenvalue weighted by Crippen LogP contribution is -2.55. The van der Waals surface area contributed by atoms with Crippen LogP contribution < -0.4 is 0 Å². The van der Waals surface area contributed by atoms with Gasteiger partial charge in [0.15, 0.2) is 0 Å². The SMILES string of the molecule is Cc1ncsc1C(=O)N1CCCC2(CCC(=O)N(CCc3ccccn3)C2)C1. The normalized spacial score (nSPS) is 22.7. The predicted molar refractivity (Wildman–Crippen MR) is 108 cm³/mol. The van der Waals surface area contributed by atoms with Crippen molar-refractivity contribution >= 4 is 23.2 Å². The van der Waals surface area contributed by atoms with Crippen LogP contribution in [-0.4, -0.2) is 57.8 Å². The van der Waals surface area contributed by atoms with Gasteiger partial charge in [-0.3, -0.25) is 14.6 Å². The van der Waals surface area contributed by atoms with E-state index in [-0.39, 0.29) is 17.2 Å². The largest absolute Gasteiger partial charge is 0.342 e. The third-order valence-electron chi connectivity index (χ3n) is 6.00. The van der Waals surface area contributed by atoms with Crippen LogP contribution >= 0.6 is 11.3 Å². The molecular formula is C21H26N4O2S. The Balaban J connectivity index is 1.43. The summed E-state index contributed by atoms with van der Waals surface area (Å²) >= 11 is 1.42. The summed E-state index contributed by atoms with van der Waals surface area (Å²) in [4.78, 5) is 38.8. The highest BCUT2D eigenvalue weighted by molar-refractivity contribution is 7.11. The van der Waals surface area contributed by atoms with Crippen molar-refractivity contribution < 1.29 is 9.59 Å². The van der Waals surface area contributed by atoms with Crippen LogP contribution in [0.5, 0.6) is 0 Å². The lowest BCUT2D eigenvalue weighted by molar-refractivity contribution is -0.138.